The van der Waals surface area contributed by atoms with Crippen molar-refractivity contribution in [2.24, 2.45) is 21.1 Å². The molecule has 0 spiro atoms. The van der Waals surface area contributed by atoms with E-state index in [9.17, 15) is 4.79 Å². The van der Waals surface area contributed by atoms with Crippen LogP contribution in [0.25, 0.3) is 0 Å². The lowest BCUT2D eigenvalue weighted by Crippen LogP contribution is -2.37. The monoisotopic (exact) mass is 289 g/mol. The summed E-state index contributed by atoms with van der Waals surface area (Å²) >= 11 is 4.75. The molecule has 0 aliphatic carbocycles. The predicted octanol–water partition coefficient (Wildman–Crippen LogP) is 2.22. The van der Waals surface area contributed by atoms with E-state index in [0.29, 0.717) is 5.71 Å². The first kappa shape index (κ1) is 14.3. The molecule has 0 saturated heterocycles. The summed E-state index contributed by atoms with van der Waals surface area (Å²) in [5.41, 5.74) is 8.82. The van der Waals surface area contributed by atoms with E-state index in [-0.39, 0.29) is 11.0 Å². The number of nitrogens with two attached hydrogens (primary N) is 1. The van der Waals surface area contributed by atoms with Crippen molar-refractivity contribution in [3.63, 3.8) is 0 Å². The third-order valence-electron chi connectivity index (χ3n) is 2.94. The number of hydrazone groups is 1. The molecule has 0 unspecified atom stereocenters. The van der Waals surface area contributed by atoms with Crippen LogP contribution in [-0.2, 0) is 4.79 Å². The van der Waals surface area contributed by atoms with Crippen molar-refractivity contribution in [1.82, 2.24) is 5.01 Å². The third-order valence-corrected chi connectivity index (χ3v) is 3.11. The van der Waals surface area contributed by atoms with Gasteiger partial charge in [0.05, 0.1) is 11.4 Å². The maximum absolute atomic E-state index is 12.0. The highest BCUT2D eigenvalue weighted by molar-refractivity contribution is 7.80. The summed E-state index contributed by atoms with van der Waals surface area (Å²) in [6, 6.07) is 5.07. The normalized spacial score (nSPS) is 18.8. The van der Waals surface area contributed by atoms with Crippen LogP contribution >= 0.6 is 12.2 Å². The summed E-state index contributed by atoms with van der Waals surface area (Å²) < 4.78 is 0. The smallest absolute Gasteiger partial charge is 0.282 e. The molecule has 20 heavy (non-hydrogen) atoms. The Morgan fingerprint density at radius 2 is 2.10 bits per heavy atom. The molecule has 1 aromatic carbocycles. The number of hydrogen-bond acceptors (Lipinski definition) is 5. The van der Waals surface area contributed by atoms with Gasteiger partial charge in [-0.15, -0.1) is 0 Å². The van der Waals surface area contributed by atoms with Gasteiger partial charge in [-0.3, -0.25) is 4.79 Å². The van der Waals surface area contributed by atoms with E-state index in [2.05, 4.69) is 15.3 Å². The number of thiocarbonyl (C=S) groups is 1. The van der Waals surface area contributed by atoms with Crippen molar-refractivity contribution >= 4 is 34.6 Å². The van der Waals surface area contributed by atoms with Crippen LogP contribution in [0, 0.1) is 13.8 Å². The second-order valence-corrected chi connectivity index (χ2v) is 5.06. The summed E-state index contributed by atoms with van der Waals surface area (Å²) in [5.74, 6) is -0.372. The fraction of sp³-hybridized carbons (Fsp3) is 0.308. The van der Waals surface area contributed by atoms with E-state index in [1.165, 1.54) is 0 Å². The predicted molar refractivity (Wildman–Crippen MR) is 81.0 cm³/mol. The zero-order valence-electron chi connectivity index (χ0n) is 11.5. The maximum atomic E-state index is 12.0. The largest absolute Gasteiger partial charge is 0.374 e. The topological polar surface area (TPSA) is 83.4 Å². The lowest BCUT2D eigenvalue weighted by Gasteiger charge is -2.08. The van der Waals surface area contributed by atoms with Crippen molar-refractivity contribution in [2.75, 3.05) is 0 Å². The number of rotatable bonds is 2. The Morgan fingerprint density at radius 3 is 2.65 bits per heavy atom. The number of carbonyl (C=O) groups excluding carboxylic acids is 1. The molecule has 2 rings (SSSR count). The first-order chi connectivity index (χ1) is 9.40. The number of benzene rings is 1. The molecule has 1 aliphatic heterocycles. The van der Waals surface area contributed by atoms with Gasteiger partial charge in [0.1, 0.15) is 0 Å². The molecular weight excluding hydrogens is 274 g/mol. The van der Waals surface area contributed by atoms with Gasteiger partial charge in [-0.25, -0.2) is 0 Å². The minimum Gasteiger partial charge on any atom is -0.374 e. The quantitative estimate of drug-likeness (QED) is 0.669. The Labute approximate surface area is 122 Å². The molecule has 1 heterocycles. The van der Waals surface area contributed by atoms with Gasteiger partial charge in [0.25, 0.3) is 5.91 Å². The Hall–Kier alpha value is -2.15. The molecule has 0 bridgehead atoms. The average Bonchev–Trinajstić information content (AvgIpc) is 2.65. The van der Waals surface area contributed by atoms with Gasteiger partial charge in [-0.2, -0.15) is 20.3 Å². The second kappa shape index (κ2) is 5.46. The lowest BCUT2D eigenvalue weighted by atomic mass is 10.1. The van der Waals surface area contributed by atoms with Gasteiger partial charge in [-0.1, -0.05) is 17.7 Å². The minimum absolute atomic E-state index is 0.0847. The molecule has 104 valence electrons. The van der Waals surface area contributed by atoms with Crippen LogP contribution in [0.5, 0.6) is 0 Å². The van der Waals surface area contributed by atoms with Crippen molar-refractivity contribution in [3.8, 4) is 0 Å². The molecule has 1 aromatic rings. The fourth-order valence-electron chi connectivity index (χ4n) is 1.88. The molecule has 0 fully saturated rings. The molecule has 1 atom stereocenters. The summed E-state index contributed by atoms with van der Waals surface area (Å²) in [6.45, 7) is 5.65. The molecule has 2 N–H and O–H groups in total. The fourth-order valence-corrected chi connectivity index (χ4v) is 2.02. The first-order valence-corrected chi connectivity index (χ1v) is 6.47. The van der Waals surface area contributed by atoms with E-state index >= 15 is 0 Å². The lowest BCUT2D eigenvalue weighted by molar-refractivity contribution is -0.126. The number of aryl methyl sites for hydroxylation is 2. The van der Waals surface area contributed by atoms with Crippen LogP contribution in [0.3, 0.4) is 0 Å². The van der Waals surface area contributed by atoms with Gasteiger partial charge in [-0.05, 0) is 44.6 Å². The molecule has 6 nitrogen and oxygen atoms in total. The molecule has 0 aromatic heterocycles. The highest BCUT2D eigenvalue weighted by atomic mass is 32.1. The van der Waals surface area contributed by atoms with Crippen LogP contribution < -0.4 is 5.73 Å². The molecular formula is C13H15N5OS. The number of carbonyl (C=O) groups is 1. The van der Waals surface area contributed by atoms with Gasteiger partial charge < -0.3 is 5.73 Å². The van der Waals surface area contributed by atoms with Gasteiger partial charge in [0, 0.05) is 0 Å². The van der Waals surface area contributed by atoms with Gasteiger partial charge in [0.15, 0.2) is 11.2 Å². The highest BCUT2D eigenvalue weighted by Gasteiger charge is 2.35. The SMILES string of the molecule is CC1=NN(C(N)=S)C(=O)[C@H]1N=Nc1ccc(C)cc1C. The summed E-state index contributed by atoms with van der Waals surface area (Å²) in [7, 11) is 0. The number of azo groups is 1. The average molecular weight is 289 g/mol. The summed E-state index contributed by atoms with van der Waals surface area (Å²) in [6.07, 6.45) is 0. The number of hydrogen-bond donors (Lipinski definition) is 1. The zero-order valence-corrected chi connectivity index (χ0v) is 12.3. The van der Waals surface area contributed by atoms with Crippen molar-refractivity contribution in [3.05, 3.63) is 29.3 Å². The summed E-state index contributed by atoms with van der Waals surface area (Å²) in [5, 5.41) is 13.1. The Morgan fingerprint density at radius 1 is 1.40 bits per heavy atom. The van der Waals surface area contributed by atoms with Crippen LogP contribution in [0.4, 0.5) is 5.69 Å². The molecule has 1 amide bonds. The van der Waals surface area contributed by atoms with Crippen molar-refractivity contribution < 1.29 is 4.79 Å². The van der Waals surface area contributed by atoms with E-state index in [1.807, 2.05) is 32.0 Å². The van der Waals surface area contributed by atoms with Crippen molar-refractivity contribution in [1.29, 1.82) is 0 Å². The molecule has 0 saturated carbocycles. The Balaban J connectivity index is 2.22. The first-order valence-electron chi connectivity index (χ1n) is 6.06. The number of nitrogens with zero attached hydrogens (tertiary/aromatic N) is 4. The zero-order chi connectivity index (χ0) is 14.9. The van der Waals surface area contributed by atoms with E-state index in [0.717, 1.165) is 21.8 Å². The molecule has 0 radical (unpaired) electrons. The van der Waals surface area contributed by atoms with E-state index in [4.69, 9.17) is 18.0 Å². The van der Waals surface area contributed by atoms with E-state index < -0.39 is 6.04 Å². The maximum Gasteiger partial charge on any atom is 0.282 e. The van der Waals surface area contributed by atoms with Crippen LogP contribution in [-0.4, -0.2) is 27.8 Å². The third kappa shape index (κ3) is 2.72. The summed E-state index contributed by atoms with van der Waals surface area (Å²) in [4.78, 5) is 12.0. The van der Waals surface area contributed by atoms with E-state index in [1.54, 1.807) is 6.92 Å². The number of amides is 1. The minimum atomic E-state index is -0.753. The standard InChI is InChI=1S/C13H15N5OS/c1-7-4-5-10(8(2)6-7)15-16-11-9(3)17-18(12(11)19)13(14)20/h4-6,11H,1-3H3,(H2,14,20)/t11-/m0/s1. The molecule has 1 aliphatic rings. The highest BCUT2D eigenvalue weighted by Crippen LogP contribution is 2.21. The Kier molecular flexibility index (Phi) is 3.89. The van der Waals surface area contributed by atoms with Crippen LogP contribution in [0.15, 0.2) is 33.5 Å². The molecule has 7 heteroatoms. The van der Waals surface area contributed by atoms with Gasteiger partial charge in [0.2, 0.25) is 0 Å². The van der Waals surface area contributed by atoms with Crippen LogP contribution in [0.2, 0.25) is 0 Å². The Bertz CT molecular complexity index is 638. The van der Waals surface area contributed by atoms with Gasteiger partial charge >= 0.3 is 0 Å². The van der Waals surface area contributed by atoms with Crippen LogP contribution in [0.1, 0.15) is 18.1 Å². The van der Waals surface area contributed by atoms with Crippen molar-refractivity contribution in [2.45, 2.75) is 26.8 Å². The second-order valence-electron chi connectivity index (χ2n) is 4.64.